The fourth-order valence-corrected chi connectivity index (χ4v) is 5.78. The highest BCUT2D eigenvalue weighted by Gasteiger charge is 2.29. The fraction of sp³-hybridized carbons (Fsp3) is 0.296. The molecule has 0 spiro atoms. The van der Waals surface area contributed by atoms with Crippen molar-refractivity contribution in [1.82, 2.24) is 15.2 Å². The van der Waals surface area contributed by atoms with E-state index in [0.717, 1.165) is 46.2 Å². The predicted molar refractivity (Wildman–Crippen MR) is 133 cm³/mol. The van der Waals surface area contributed by atoms with Gasteiger partial charge in [-0.1, -0.05) is 54.6 Å². The summed E-state index contributed by atoms with van der Waals surface area (Å²) in [6.07, 6.45) is 2.24. The first kappa shape index (κ1) is 21.6. The lowest BCUT2D eigenvalue weighted by molar-refractivity contribution is -0.136. The van der Waals surface area contributed by atoms with Gasteiger partial charge in [-0.05, 0) is 48.2 Å². The van der Waals surface area contributed by atoms with Crippen molar-refractivity contribution in [1.29, 1.82) is 0 Å². The number of piperidine rings is 1. The van der Waals surface area contributed by atoms with Gasteiger partial charge in [0, 0.05) is 19.0 Å². The summed E-state index contributed by atoms with van der Waals surface area (Å²) < 4.78 is 1.19. The van der Waals surface area contributed by atoms with Crippen LogP contribution in [-0.4, -0.2) is 40.8 Å². The second kappa shape index (κ2) is 9.32. The summed E-state index contributed by atoms with van der Waals surface area (Å²) >= 11 is 1.72. The van der Waals surface area contributed by atoms with E-state index in [-0.39, 0.29) is 24.2 Å². The Morgan fingerprint density at radius 2 is 1.88 bits per heavy atom. The fourth-order valence-electron chi connectivity index (χ4n) is 4.69. The Balaban J connectivity index is 1.22. The number of hydrogen-bond donors (Lipinski definition) is 1. The van der Waals surface area contributed by atoms with Gasteiger partial charge in [0.2, 0.25) is 11.8 Å². The van der Waals surface area contributed by atoms with Crippen molar-refractivity contribution in [3.63, 3.8) is 0 Å². The summed E-state index contributed by atoms with van der Waals surface area (Å²) in [7, 11) is 0. The standard InChI is InChI=1S/C27H27N3O2S/c1-18(28-25(31)16-20-10-6-9-19-8-2-3-12-22(19)20)27(32)30-15-7-11-21(17-30)26-29-23-13-4-5-14-24(23)33-26/h2-6,8-10,12-14,18,21H,7,11,15-17H2,1H3,(H,28,31)/t18-,21-/m0/s1. The topological polar surface area (TPSA) is 62.3 Å². The van der Waals surface area contributed by atoms with Crippen LogP contribution in [0.4, 0.5) is 0 Å². The maximum atomic E-state index is 13.1. The van der Waals surface area contributed by atoms with E-state index < -0.39 is 6.04 Å². The number of likely N-dealkylation sites (tertiary alicyclic amines) is 1. The molecule has 5 nitrogen and oxygen atoms in total. The number of nitrogens with one attached hydrogen (secondary N) is 1. The van der Waals surface area contributed by atoms with Crippen LogP contribution in [0.25, 0.3) is 21.0 Å². The van der Waals surface area contributed by atoms with Crippen LogP contribution >= 0.6 is 11.3 Å². The average molecular weight is 458 g/mol. The molecule has 0 bridgehead atoms. The first-order chi connectivity index (χ1) is 16.1. The lowest BCUT2D eigenvalue weighted by Crippen LogP contribution is -2.50. The van der Waals surface area contributed by atoms with Crippen LogP contribution in [-0.2, 0) is 16.0 Å². The van der Waals surface area contributed by atoms with E-state index >= 15 is 0 Å². The second-order valence-electron chi connectivity index (χ2n) is 8.75. The zero-order chi connectivity index (χ0) is 22.8. The molecule has 0 aliphatic carbocycles. The Morgan fingerprint density at radius 3 is 2.76 bits per heavy atom. The molecule has 168 valence electrons. The van der Waals surface area contributed by atoms with Gasteiger partial charge >= 0.3 is 0 Å². The van der Waals surface area contributed by atoms with Crippen LogP contribution in [0.2, 0.25) is 0 Å². The molecule has 2 amide bonds. The van der Waals surface area contributed by atoms with E-state index in [0.29, 0.717) is 6.54 Å². The van der Waals surface area contributed by atoms with Crippen molar-refractivity contribution in [2.75, 3.05) is 13.1 Å². The molecule has 2 atom stereocenters. The van der Waals surface area contributed by atoms with E-state index in [4.69, 9.17) is 4.98 Å². The summed E-state index contributed by atoms with van der Waals surface area (Å²) in [6.45, 7) is 3.16. The summed E-state index contributed by atoms with van der Waals surface area (Å²) in [5.74, 6) is 0.0951. The molecule has 33 heavy (non-hydrogen) atoms. The van der Waals surface area contributed by atoms with Crippen LogP contribution in [0.1, 0.15) is 36.3 Å². The third kappa shape index (κ3) is 4.62. The van der Waals surface area contributed by atoms with Crippen molar-refractivity contribution >= 4 is 44.1 Å². The molecule has 4 aromatic rings. The maximum Gasteiger partial charge on any atom is 0.244 e. The lowest BCUT2D eigenvalue weighted by Gasteiger charge is -2.33. The number of benzene rings is 3. The van der Waals surface area contributed by atoms with E-state index in [2.05, 4.69) is 11.4 Å². The summed E-state index contributed by atoms with van der Waals surface area (Å²) in [5.41, 5.74) is 1.99. The number of aromatic nitrogens is 1. The molecule has 0 radical (unpaired) electrons. The minimum atomic E-state index is -0.554. The first-order valence-corrected chi connectivity index (χ1v) is 12.3. The molecule has 3 aromatic carbocycles. The highest BCUT2D eigenvalue weighted by Crippen LogP contribution is 2.33. The van der Waals surface area contributed by atoms with Gasteiger partial charge in [-0.25, -0.2) is 4.98 Å². The minimum Gasteiger partial charge on any atom is -0.344 e. The maximum absolute atomic E-state index is 13.1. The van der Waals surface area contributed by atoms with Crippen molar-refractivity contribution < 1.29 is 9.59 Å². The van der Waals surface area contributed by atoms with E-state index in [1.807, 2.05) is 65.6 Å². The number of rotatable bonds is 5. The number of amides is 2. The van der Waals surface area contributed by atoms with Gasteiger partial charge in [-0.2, -0.15) is 0 Å². The molecule has 6 heteroatoms. The molecule has 0 saturated carbocycles. The number of fused-ring (bicyclic) bond motifs is 2. The van der Waals surface area contributed by atoms with Gasteiger partial charge in [-0.3, -0.25) is 9.59 Å². The Morgan fingerprint density at radius 1 is 1.09 bits per heavy atom. The third-order valence-electron chi connectivity index (χ3n) is 6.37. The Bertz CT molecular complexity index is 1280. The van der Waals surface area contributed by atoms with E-state index in [1.165, 1.54) is 4.70 Å². The number of carbonyl (C=O) groups excluding carboxylic acids is 2. The molecule has 1 N–H and O–H groups in total. The number of carbonyl (C=O) groups is 2. The van der Waals surface area contributed by atoms with Crippen molar-refractivity contribution in [3.8, 4) is 0 Å². The lowest BCUT2D eigenvalue weighted by atomic mass is 9.98. The van der Waals surface area contributed by atoms with Crippen LogP contribution in [0.5, 0.6) is 0 Å². The first-order valence-electron chi connectivity index (χ1n) is 11.5. The Labute approximate surface area is 197 Å². The molecule has 1 aliphatic rings. The van der Waals surface area contributed by atoms with Gasteiger partial charge in [0.1, 0.15) is 6.04 Å². The summed E-state index contributed by atoms with van der Waals surface area (Å²) in [6, 6.07) is 21.6. The van der Waals surface area contributed by atoms with Gasteiger partial charge in [0.05, 0.1) is 21.6 Å². The van der Waals surface area contributed by atoms with Crippen molar-refractivity contribution in [3.05, 3.63) is 77.3 Å². The summed E-state index contributed by atoms with van der Waals surface area (Å²) in [4.78, 5) is 32.6. The quantitative estimate of drug-likeness (QED) is 0.464. The van der Waals surface area contributed by atoms with Crippen molar-refractivity contribution in [2.45, 2.75) is 38.1 Å². The SMILES string of the molecule is C[C@H](NC(=O)Cc1cccc2ccccc12)C(=O)N1CCC[C@H](c2nc3ccccc3s2)C1. The van der Waals surface area contributed by atoms with E-state index in [9.17, 15) is 9.59 Å². The number of para-hydroxylation sites is 1. The largest absolute Gasteiger partial charge is 0.344 e. The zero-order valence-corrected chi connectivity index (χ0v) is 19.5. The average Bonchev–Trinajstić information content (AvgIpc) is 3.28. The predicted octanol–water partition coefficient (Wildman–Crippen LogP) is 4.90. The molecule has 1 saturated heterocycles. The number of hydrogen-bond acceptors (Lipinski definition) is 4. The van der Waals surface area contributed by atoms with Crippen molar-refractivity contribution in [2.24, 2.45) is 0 Å². The van der Waals surface area contributed by atoms with Gasteiger partial charge in [0.25, 0.3) is 0 Å². The normalized spacial score (nSPS) is 17.2. The number of nitrogens with zero attached hydrogens (tertiary/aromatic N) is 2. The molecule has 5 rings (SSSR count). The number of thiazole rings is 1. The minimum absolute atomic E-state index is 0.0212. The molecule has 0 unspecified atom stereocenters. The highest BCUT2D eigenvalue weighted by molar-refractivity contribution is 7.18. The van der Waals surface area contributed by atoms with Crippen LogP contribution in [0, 0.1) is 0 Å². The van der Waals surface area contributed by atoms with Gasteiger partial charge in [-0.15, -0.1) is 11.3 Å². The molecule has 1 fully saturated rings. The Hall–Kier alpha value is -3.25. The molecule has 1 aromatic heterocycles. The molecule has 1 aliphatic heterocycles. The second-order valence-corrected chi connectivity index (χ2v) is 9.81. The Kier molecular flexibility index (Phi) is 6.09. The molecular weight excluding hydrogens is 430 g/mol. The molecular formula is C27H27N3O2S. The zero-order valence-electron chi connectivity index (χ0n) is 18.7. The highest BCUT2D eigenvalue weighted by atomic mass is 32.1. The van der Waals surface area contributed by atoms with Crippen LogP contribution in [0.15, 0.2) is 66.7 Å². The smallest absolute Gasteiger partial charge is 0.244 e. The van der Waals surface area contributed by atoms with Crippen LogP contribution < -0.4 is 5.32 Å². The van der Waals surface area contributed by atoms with Gasteiger partial charge < -0.3 is 10.2 Å². The van der Waals surface area contributed by atoms with Gasteiger partial charge in [0.15, 0.2) is 0 Å². The summed E-state index contributed by atoms with van der Waals surface area (Å²) in [5, 5.41) is 6.21. The molecule has 2 heterocycles. The third-order valence-corrected chi connectivity index (χ3v) is 7.57. The monoisotopic (exact) mass is 457 g/mol. The van der Waals surface area contributed by atoms with E-state index in [1.54, 1.807) is 18.3 Å². The van der Waals surface area contributed by atoms with Crippen LogP contribution in [0.3, 0.4) is 0 Å².